The number of carbonyl (C=O) groups excluding carboxylic acids is 1. The summed E-state index contributed by atoms with van der Waals surface area (Å²) in [7, 11) is 3.39. The largest absolute Gasteiger partial charge is 0.468 e. The van der Waals surface area contributed by atoms with Crippen molar-refractivity contribution in [1.29, 1.82) is 0 Å². The normalized spacial score (nSPS) is 13.1. The summed E-state index contributed by atoms with van der Waals surface area (Å²) in [5, 5.41) is 0. The molecule has 0 spiro atoms. The minimum Gasteiger partial charge on any atom is -0.468 e. The van der Waals surface area contributed by atoms with E-state index in [1.165, 1.54) is 7.11 Å². The van der Waals surface area contributed by atoms with Crippen molar-refractivity contribution in [2.75, 3.05) is 27.2 Å². The zero-order valence-corrected chi connectivity index (χ0v) is 9.43. The van der Waals surface area contributed by atoms with E-state index < -0.39 is 0 Å². The molecule has 0 radical (unpaired) electrons. The van der Waals surface area contributed by atoms with E-state index in [4.69, 9.17) is 0 Å². The average molecular weight is 238 g/mol. The maximum Gasteiger partial charge on any atom is 0.320 e. The van der Waals surface area contributed by atoms with Gasteiger partial charge in [-0.1, -0.05) is 22.9 Å². The highest BCUT2D eigenvalue weighted by atomic mass is 79.9. The molecule has 0 rings (SSSR count). The van der Waals surface area contributed by atoms with Gasteiger partial charge in [-0.2, -0.15) is 0 Å². The van der Waals surface area contributed by atoms with Crippen molar-refractivity contribution in [3.05, 3.63) is 0 Å². The summed E-state index contributed by atoms with van der Waals surface area (Å²) in [6, 6.07) is 0. The number of rotatable bonds is 5. The molecule has 4 heteroatoms. The van der Waals surface area contributed by atoms with Crippen molar-refractivity contribution in [2.45, 2.75) is 18.2 Å². The van der Waals surface area contributed by atoms with Crippen molar-refractivity contribution >= 4 is 21.9 Å². The summed E-state index contributed by atoms with van der Waals surface area (Å²) in [6.45, 7) is 3.80. The van der Waals surface area contributed by atoms with Gasteiger partial charge in [0.1, 0.15) is 4.83 Å². The van der Waals surface area contributed by atoms with Crippen LogP contribution in [-0.2, 0) is 9.53 Å². The molecule has 0 bridgehead atoms. The molecule has 0 heterocycles. The maximum absolute atomic E-state index is 11.0. The standard InChI is InChI=1S/C8H16BrNO2/c1-4-5-10(2)6-7(9)8(11)12-3/h7H,4-6H2,1-3H3. The number of nitrogens with zero attached hydrogens (tertiary/aromatic N) is 1. The molecular formula is C8H16BrNO2. The van der Waals surface area contributed by atoms with Crippen molar-refractivity contribution in [1.82, 2.24) is 4.90 Å². The van der Waals surface area contributed by atoms with Crippen molar-refractivity contribution < 1.29 is 9.53 Å². The molecule has 0 aromatic heterocycles. The fraction of sp³-hybridized carbons (Fsp3) is 0.875. The van der Waals surface area contributed by atoms with Gasteiger partial charge >= 0.3 is 5.97 Å². The summed E-state index contributed by atoms with van der Waals surface area (Å²) in [5.74, 6) is -0.210. The monoisotopic (exact) mass is 237 g/mol. The Hall–Kier alpha value is -0.0900. The molecule has 0 aliphatic carbocycles. The number of ether oxygens (including phenoxy) is 1. The van der Waals surface area contributed by atoms with Crippen LogP contribution in [0.1, 0.15) is 13.3 Å². The summed E-state index contributed by atoms with van der Waals surface area (Å²) in [6.07, 6.45) is 1.09. The highest BCUT2D eigenvalue weighted by Gasteiger charge is 2.16. The lowest BCUT2D eigenvalue weighted by Gasteiger charge is -2.17. The molecule has 0 saturated heterocycles. The predicted molar refractivity (Wildman–Crippen MR) is 52.5 cm³/mol. The number of halogens is 1. The van der Waals surface area contributed by atoms with Crippen molar-refractivity contribution in [2.24, 2.45) is 0 Å². The van der Waals surface area contributed by atoms with Gasteiger partial charge in [-0.05, 0) is 20.0 Å². The summed E-state index contributed by atoms with van der Waals surface area (Å²) < 4.78 is 4.58. The first-order chi connectivity index (χ1) is 5.61. The van der Waals surface area contributed by atoms with Gasteiger partial charge in [0.05, 0.1) is 7.11 Å². The maximum atomic E-state index is 11.0. The smallest absolute Gasteiger partial charge is 0.320 e. The second-order valence-electron chi connectivity index (χ2n) is 2.75. The molecule has 0 saturated carbocycles. The van der Waals surface area contributed by atoms with E-state index in [2.05, 4.69) is 32.5 Å². The Kier molecular flexibility index (Phi) is 6.38. The van der Waals surface area contributed by atoms with Crippen LogP contribution in [0.2, 0.25) is 0 Å². The van der Waals surface area contributed by atoms with E-state index in [1.807, 2.05) is 7.05 Å². The minimum atomic E-state index is -0.210. The Labute approximate surface area is 82.2 Å². The molecule has 0 aromatic carbocycles. The third-order valence-corrected chi connectivity index (χ3v) is 2.20. The van der Waals surface area contributed by atoms with E-state index in [9.17, 15) is 4.79 Å². The molecule has 3 nitrogen and oxygen atoms in total. The lowest BCUT2D eigenvalue weighted by molar-refractivity contribution is -0.140. The number of alkyl halides is 1. The molecule has 0 aliphatic heterocycles. The minimum absolute atomic E-state index is 0.209. The van der Waals surface area contributed by atoms with E-state index in [1.54, 1.807) is 0 Å². The van der Waals surface area contributed by atoms with Gasteiger partial charge in [-0.15, -0.1) is 0 Å². The number of carbonyl (C=O) groups is 1. The van der Waals surface area contributed by atoms with E-state index in [0.717, 1.165) is 13.0 Å². The first-order valence-electron chi connectivity index (χ1n) is 4.02. The third kappa shape index (κ3) is 4.72. The predicted octanol–water partition coefficient (Wildman–Crippen LogP) is 1.26. The fourth-order valence-electron chi connectivity index (χ4n) is 0.949. The first kappa shape index (κ1) is 11.9. The van der Waals surface area contributed by atoms with Crippen molar-refractivity contribution in [3.8, 4) is 0 Å². The molecule has 0 aliphatic rings. The Balaban J connectivity index is 3.67. The molecule has 12 heavy (non-hydrogen) atoms. The van der Waals surface area contributed by atoms with Crippen LogP contribution < -0.4 is 0 Å². The van der Waals surface area contributed by atoms with Crippen LogP contribution in [0.4, 0.5) is 0 Å². The van der Waals surface area contributed by atoms with Gasteiger partial charge in [-0.3, -0.25) is 4.79 Å². The average Bonchev–Trinajstić information content (AvgIpc) is 2.03. The Bertz CT molecular complexity index is 141. The second-order valence-corrected chi connectivity index (χ2v) is 3.86. The molecule has 0 aromatic rings. The molecule has 0 fully saturated rings. The van der Waals surface area contributed by atoms with Gasteiger partial charge in [0.15, 0.2) is 0 Å². The van der Waals surface area contributed by atoms with Crippen LogP contribution in [-0.4, -0.2) is 42.9 Å². The highest BCUT2D eigenvalue weighted by molar-refractivity contribution is 9.10. The van der Waals surface area contributed by atoms with Gasteiger partial charge in [0.2, 0.25) is 0 Å². The van der Waals surface area contributed by atoms with Gasteiger partial charge in [-0.25, -0.2) is 0 Å². The van der Waals surface area contributed by atoms with Crippen LogP contribution in [0.3, 0.4) is 0 Å². The SMILES string of the molecule is CCCN(C)CC(Br)C(=O)OC. The third-order valence-electron chi connectivity index (χ3n) is 1.53. The van der Waals surface area contributed by atoms with Crippen LogP contribution in [0.25, 0.3) is 0 Å². The molecular weight excluding hydrogens is 222 g/mol. The number of esters is 1. The van der Waals surface area contributed by atoms with Crippen LogP contribution in [0.5, 0.6) is 0 Å². The summed E-state index contributed by atoms with van der Waals surface area (Å²) in [5.41, 5.74) is 0. The highest BCUT2D eigenvalue weighted by Crippen LogP contribution is 2.03. The summed E-state index contributed by atoms with van der Waals surface area (Å²) >= 11 is 3.26. The molecule has 1 unspecified atom stereocenters. The van der Waals surface area contributed by atoms with Crippen molar-refractivity contribution in [3.63, 3.8) is 0 Å². The van der Waals surface area contributed by atoms with Gasteiger partial charge in [0.25, 0.3) is 0 Å². The lowest BCUT2D eigenvalue weighted by atomic mass is 10.3. The van der Waals surface area contributed by atoms with Crippen LogP contribution >= 0.6 is 15.9 Å². The number of hydrogen-bond acceptors (Lipinski definition) is 3. The van der Waals surface area contributed by atoms with Crippen LogP contribution in [0.15, 0.2) is 0 Å². The Morgan fingerprint density at radius 1 is 1.67 bits per heavy atom. The van der Waals surface area contributed by atoms with E-state index in [-0.39, 0.29) is 10.8 Å². The molecule has 72 valence electrons. The molecule has 0 amide bonds. The Morgan fingerprint density at radius 3 is 2.67 bits per heavy atom. The van der Waals surface area contributed by atoms with E-state index >= 15 is 0 Å². The molecule has 0 N–H and O–H groups in total. The topological polar surface area (TPSA) is 29.5 Å². The number of hydrogen-bond donors (Lipinski definition) is 0. The van der Waals surface area contributed by atoms with Crippen LogP contribution in [0, 0.1) is 0 Å². The number of methoxy groups -OCH3 is 1. The first-order valence-corrected chi connectivity index (χ1v) is 4.93. The second kappa shape index (κ2) is 6.43. The Morgan fingerprint density at radius 2 is 2.25 bits per heavy atom. The van der Waals surface area contributed by atoms with Gasteiger partial charge < -0.3 is 9.64 Å². The quantitative estimate of drug-likeness (QED) is 0.533. The summed E-state index contributed by atoms with van der Waals surface area (Å²) in [4.78, 5) is 12.8. The van der Waals surface area contributed by atoms with E-state index in [0.29, 0.717) is 6.54 Å². The lowest BCUT2D eigenvalue weighted by Crippen LogP contribution is -2.31. The molecule has 1 atom stereocenters. The zero-order chi connectivity index (χ0) is 9.56. The van der Waals surface area contributed by atoms with Gasteiger partial charge in [0, 0.05) is 6.54 Å². The fourth-order valence-corrected chi connectivity index (χ4v) is 1.63. The zero-order valence-electron chi connectivity index (χ0n) is 7.84.